The Kier molecular flexibility index (Phi) is 13.5. The first-order valence-electron chi connectivity index (χ1n) is 20.8. The molecule has 0 unspecified atom stereocenters. The molecule has 5 N–H and O–H groups in total. The quantitative estimate of drug-likeness (QED) is 0.104. The number of piperidine rings is 1. The average Bonchev–Trinajstić information content (AvgIpc) is 4.04. The lowest BCUT2D eigenvalue weighted by atomic mass is 9.85. The zero-order valence-corrected chi connectivity index (χ0v) is 37.1. The van der Waals surface area contributed by atoms with Crippen molar-refractivity contribution in [2.75, 3.05) is 36.5 Å². The number of benzene rings is 2. The van der Waals surface area contributed by atoms with Gasteiger partial charge in [0, 0.05) is 55.7 Å². The van der Waals surface area contributed by atoms with Crippen LogP contribution >= 0.6 is 15.9 Å². The second kappa shape index (κ2) is 19.0. The number of hydrogen-bond acceptors (Lipinski definition) is 10. The summed E-state index contributed by atoms with van der Waals surface area (Å²) >= 11 is 3.61. The Bertz CT molecular complexity index is 2370. The molecule has 0 bridgehead atoms. The van der Waals surface area contributed by atoms with Crippen LogP contribution in [-0.4, -0.2) is 109 Å². The van der Waals surface area contributed by atoms with Gasteiger partial charge in [-0.25, -0.2) is 4.98 Å². The van der Waals surface area contributed by atoms with E-state index in [4.69, 9.17) is 4.74 Å². The van der Waals surface area contributed by atoms with Crippen LogP contribution < -0.4 is 20.9 Å². The minimum atomic E-state index is -0.965. The summed E-state index contributed by atoms with van der Waals surface area (Å²) in [6.07, 6.45) is 3.77. The van der Waals surface area contributed by atoms with Crippen molar-refractivity contribution in [3.63, 3.8) is 0 Å². The molecule has 5 heterocycles. The summed E-state index contributed by atoms with van der Waals surface area (Å²) in [7, 11) is 1.88. The van der Waals surface area contributed by atoms with Gasteiger partial charge >= 0.3 is 0 Å². The van der Waals surface area contributed by atoms with E-state index in [1.807, 2.05) is 83.3 Å². The second-order valence-corrected chi connectivity index (χ2v) is 17.8. The number of nitrogens with zero attached hydrogens (tertiary/aromatic N) is 6. The van der Waals surface area contributed by atoms with Crippen LogP contribution in [0, 0.1) is 5.41 Å². The molecule has 4 amide bonds. The van der Waals surface area contributed by atoms with Gasteiger partial charge in [0.2, 0.25) is 17.7 Å². The van der Waals surface area contributed by atoms with Crippen LogP contribution in [0.25, 0.3) is 22.6 Å². The molecule has 326 valence electrons. The lowest BCUT2D eigenvalue weighted by Gasteiger charge is -2.36. The van der Waals surface area contributed by atoms with Crippen LogP contribution in [-0.2, 0) is 26.2 Å². The summed E-state index contributed by atoms with van der Waals surface area (Å²) < 4.78 is 8.58. The molecular weight excluding hydrogens is 856 g/mol. The number of ether oxygens (including phenoxy) is 1. The number of pyridine rings is 1. The van der Waals surface area contributed by atoms with Crippen LogP contribution in [0.3, 0.4) is 0 Å². The number of amides is 4. The topological polar surface area (TPSA) is 200 Å². The van der Waals surface area contributed by atoms with Gasteiger partial charge in [0.05, 0.1) is 41.0 Å². The van der Waals surface area contributed by atoms with E-state index < -0.39 is 35.4 Å². The second-order valence-electron chi connectivity index (χ2n) is 16.9. The molecule has 3 aromatic heterocycles. The highest BCUT2D eigenvalue weighted by atomic mass is 79.9. The molecule has 7 rings (SSSR count). The van der Waals surface area contributed by atoms with E-state index >= 15 is 0 Å². The molecule has 0 aliphatic carbocycles. The molecule has 2 fully saturated rings. The number of hydrogen-bond donors (Lipinski definition) is 5. The minimum absolute atomic E-state index is 0.0185. The molecule has 0 saturated carbocycles. The van der Waals surface area contributed by atoms with Crippen molar-refractivity contribution in [1.29, 1.82) is 0 Å². The molecular formula is C45H53BrN10O6. The van der Waals surface area contributed by atoms with Gasteiger partial charge in [-0.15, -0.1) is 0 Å². The van der Waals surface area contributed by atoms with E-state index in [9.17, 15) is 24.3 Å². The summed E-state index contributed by atoms with van der Waals surface area (Å²) in [6, 6.07) is 20.3. The number of carbonyl (C=O) groups excluding carboxylic acids is 4. The number of anilines is 2. The zero-order chi connectivity index (χ0) is 44.1. The maximum atomic E-state index is 14.2. The largest absolute Gasteiger partial charge is 0.391 e. The molecule has 5 aromatic rings. The van der Waals surface area contributed by atoms with Crippen LogP contribution in [0.15, 0.2) is 89.7 Å². The van der Waals surface area contributed by atoms with Crippen molar-refractivity contribution in [3.8, 4) is 22.6 Å². The van der Waals surface area contributed by atoms with Crippen molar-refractivity contribution in [3.05, 3.63) is 101 Å². The first kappa shape index (κ1) is 44.2. The van der Waals surface area contributed by atoms with Gasteiger partial charge in [-0.05, 0) is 94.7 Å². The third-order valence-corrected chi connectivity index (χ3v) is 12.0. The predicted octanol–water partition coefficient (Wildman–Crippen LogP) is 5.24. The van der Waals surface area contributed by atoms with Gasteiger partial charge in [-0.1, -0.05) is 51.1 Å². The number of aliphatic hydroxyl groups excluding tert-OH is 1. The highest BCUT2D eigenvalue weighted by Crippen LogP contribution is 2.31. The number of rotatable bonds is 13. The zero-order valence-electron chi connectivity index (χ0n) is 35.5. The van der Waals surface area contributed by atoms with E-state index in [-0.39, 0.29) is 49.2 Å². The van der Waals surface area contributed by atoms with Gasteiger partial charge in [0.25, 0.3) is 5.91 Å². The number of aromatic nitrogens is 5. The molecule has 2 aliphatic heterocycles. The van der Waals surface area contributed by atoms with Crippen LogP contribution in [0.2, 0.25) is 0 Å². The number of aliphatic hydroxyl groups is 1. The smallest absolute Gasteiger partial charge is 0.274 e. The fourth-order valence-corrected chi connectivity index (χ4v) is 8.35. The van der Waals surface area contributed by atoms with Crippen LogP contribution in [0.5, 0.6) is 0 Å². The lowest BCUT2D eigenvalue weighted by Crippen LogP contribution is -2.58. The van der Waals surface area contributed by atoms with Gasteiger partial charge in [0.15, 0.2) is 0 Å². The summed E-state index contributed by atoms with van der Waals surface area (Å²) in [6.45, 7) is 8.56. The average molecular weight is 910 g/mol. The Morgan fingerprint density at radius 2 is 1.74 bits per heavy atom. The number of carbonyl (C=O) groups is 4. The van der Waals surface area contributed by atoms with Crippen LogP contribution in [0.4, 0.5) is 11.4 Å². The van der Waals surface area contributed by atoms with E-state index in [2.05, 4.69) is 57.1 Å². The maximum Gasteiger partial charge on any atom is 0.274 e. The van der Waals surface area contributed by atoms with E-state index in [0.717, 1.165) is 27.0 Å². The summed E-state index contributed by atoms with van der Waals surface area (Å²) in [5.74, 6) is -1.58. The third-order valence-electron chi connectivity index (χ3n) is 11.4. The Morgan fingerprint density at radius 1 is 0.984 bits per heavy atom. The van der Waals surface area contributed by atoms with Crippen molar-refractivity contribution >= 4 is 50.9 Å². The normalized spacial score (nSPS) is 18.0. The number of likely N-dealkylation sites (tertiary alicyclic amines) is 1. The fourth-order valence-electron chi connectivity index (χ4n) is 7.89. The van der Waals surface area contributed by atoms with Crippen molar-refractivity contribution in [2.24, 2.45) is 12.5 Å². The Morgan fingerprint density at radius 3 is 2.40 bits per heavy atom. The highest BCUT2D eigenvalue weighted by molar-refractivity contribution is 9.10. The Labute approximate surface area is 368 Å². The van der Waals surface area contributed by atoms with Crippen molar-refractivity contribution in [1.82, 2.24) is 40.5 Å². The number of aryl methyl sites for hydroxylation is 1. The molecule has 0 radical (unpaired) electrons. The molecule has 16 nitrogen and oxygen atoms in total. The molecule has 62 heavy (non-hydrogen) atoms. The standard InChI is InChI=1S/C45H53BrN10O6/c1-27(28-9-11-29(12-10-28)38-16-20-48-54(38)5)49-43(60)39-24-31(57)25-56(39)44(61)41(45(2,3)4)52-40(58)26-62-32-17-21-55(22-18-32)30-13-14-34(33(46)23-30)51-42(59)37-8-6-7-35(50-37)36-15-19-47-53-36/h6-16,19-20,23,27,31-32,39,41,57H,17-18,21-22,24-26H2,1-5H3,(H,47,53)(H,49,60)(H,51,59)(H,52,58)/t27-,31+,39-,41+/m0/s1. The van der Waals surface area contributed by atoms with Gasteiger partial charge in [0.1, 0.15) is 24.4 Å². The van der Waals surface area contributed by atoms with Gasteiger partial charge in [-0.3, -0.25) is 29.0 Å². The van der Waals surface area contributed by atoms with Crippen LogP contribution in [0.1, 0.15) is 69.1 Å². The monoisotopic (exact) mass is 908 g/mol. The number of halogens is 1. The number of β-amino-alcohol motifs (C(OH)–C–C–N with tert-alkyl or cyclic N) is 1. The van der Waals surface area contributed by atoms with E-state index in [0.29, 0.717) is 43.0 Å². The summed E-state index contributed by atoms with van der Waals surface area (Å²) in [4.78, 5) is 62.3. The molecule has 17 heteroatoms. The van der Waals surface area contributed by atoms with E-state index in [1.54, 1.807) is 41.3 Å². The minimum Gasteiger partial charge on any atom is -0.391 e. The number of aromatic amines is 1. The molecule has 2 saturated heterocycles. The SMILES string of the molecule is C[C@H](NC(=O)[C@@H]1C[C@@H](O)CN1C(=O)[C@@H](NC(=O)COC1CCN(c2ccc(NC(=O)c3cccc(-c4ccn[nH]4)n3)c(Br)c2)CC1)C(C)(C)C)c1ccc(-c2ccnn2C)cc1. The van der Waals surface area contributed by atoms with Crippen molar-refractivity contribution < 1.29 is 29.0 Å². The Balaban J connectivity index is 0.888. The summed E-state index contributed by atoms with van der Waals surface area (Å²) in [5, 5.41) is 30.5. The first-order valence-corrected chi connectivity index (χ1v) is 21.5. The maximum absolute atomic E-state index is 14.2. The molecule has 0 spiro atoms. The van der Waals surface area contributed by atoms with Gasteiger partial charge in [-0.2, -0.15) is 10.2 Å². The molecule has 4 atom stereocenters. The summed E-state index contributed by atoms with van der Waals surface area (Å²) in [5.41, 5.74) is 5.33. The number of H-pyrrole nitrogens is 1. The van der Waals surface area contributed by atoms with Crippen molar-refractivity contribution in [2.45, 2.75) is 77.3 Å². The van der Waals surface area contributed by atoms with E-state index in [1.165, 1.54) is 4.90 Å². The highest BCUT2D eigenvalue weighted by Gasteiger charge is 2.44. The number of nitrogens with one attached hydrogen (secondary N) is 4. The Hall–Kier alpha value is -5.91. The third kappa shape index (κ3) is 10.4. The first-order chi connectivity index (χ1) is 29.6. The fraction of sp³-hybridized carbons (Fsp3) is 0.400. The van der Waals surface area contributed by atoms with Gasteiger partial charge < -0.3 is 35.6 Å². The predicted molar refractivity (Wildman–Crippen MR) is 238 cm³/mol. The molecule has 2 aromatic carbocycles. The lowest BCUT2D eigenvalue weighted by molar-refractivity contribution is -0.145. The molecule has 2 aliphatic rings.